The van der Waals surface area contributed by atoms with E-state index in [1.165, 1.54) is 0 Å². The topological polar surface area (TPSA) is 75.7 Å². The second kappa shape index (κ2) is 12.3. The molecule has 184 valence electrons. The van der Waals surface area contributed by atoms with Gasteiger partial charge >= 0.3 is 0 Å². The molecule has 6 nitrogen and oxygen atoms in total. The first-order chi connectivity index (χ1) is 17.2. The average Bonchev–Trinajstić information content (AvgIpc) is 3.08. The number of hydrogen-bond donors (Lipinski definition) is 1. The van der Waals surface area contributed by atoms with Crippen LogP contribution in [-0.4, -0.2) is 28.5 Å². The highest BCUT2D eigenvalue weighted by Gasteiger charge is 2.36. The number of halogens is 4. The first-order valence-electron chi connectivity index (χ1n) is 10.4. The molecule has 1 fully saturated rings. The summed E-state index contributed by atoms with van der Waals surface area (Å²) in [7, 11) is 0. The fraction of sp³-hybridized carbons (Fsp3) is 0.0800. The van der Waals surface area contributed by atoms with Gasteiger partial charge in [-0.05, 0) is 111 Å². The summed E-state index contributed by atoms with van der Waals surface area (Å²) in [5.41, 5.74) is 2.21. The number of imide groups is 1. The van der Waals surface area contributed by atoms with Crippen molar-refractivity contribution in [2.45, 2.75) is 6.61 Å². The average molecular weight is 810 g/mol. The third kappa shape index (κ3) is 6.82. The van der Waals surface area contributed by atoms with E-state index in [-0.39, 0.29) is 4.91 Å². The third-order valence-electron chi connectivity index (χ3n) is 4.94. The standard InChI is InChI=1S/C25H16BrClI2N2O4S/c26-16-7-5-14(6-8-16)13-35-23-18(28)9-15(10-19(23)29)11-21-24(33)31(25(34)36-21)12-22(32)30-20-4-2-1-3-17(20)27/h1-11H,12-13H2,(H,30,32)/b21-11+. The smallest absolute Gasteiger partial charge is 0.294 e. The van der Waals surface area contributed by atoms with Crippen molar-refractivity contribution in [3.8, 4) is 5.75 Å². The molecule has 1 aliphatic rings. The molecule has 11 heteroatoms. The van der Waals surface area contributed by atoms with E-state index in [1.54, 1.807) is 30.3 Å². The van der Waals surface area contributed by atoms with Crippen LogP contribution in [0.2, 0.25) is 5.02 Å². The maximum Gasteiger partial charge on any atom is 0.294 e. The summed E-state index contributed by atoms with van der Waals surface area (Å²) in [6.45, 7) is 0.0267. The number of anilines is 1. The molecule has 36 heavy (non-hydrogen) atoms. The molecule has 1 N–H and O–H groups in total. The molecule has 0 saturated carbocycles. The molecule has 0 atom stereocenters. The van der Waals surface area contributed by atoms with Crippen LogP contribution in [0.4, 0.5) is 10.5 Å². The van der Waals surface area contributed by atoms with Crippen molar-refractivity contribution >= 4 is 113 Å². The van der Waals surface area contributed by atoms with Crippen LogP contribution in [-0.2, 0) is 16.2 Å². The summed E-state index contributed by atoms with van der Waals surface area (Å²) in [5, 5.41) is 2.49. The largest absolute Gasteiger partial charge is 0.487 e. The highest BCUT2D eigenvalue weighted by atomic mass is 127. The Balaban J connectivity index is 1.44. The van der Waals surface area contributed by atoms with Crippen LogP contribution in [0.5, 0.6) is 5.75 Å². The predicted octanol–water partition coefficient (Wildman–Crippen LogP) is 7.57. The van der Waals surface area contributed by atoms with Gasteiger partial charge in [0.1, 0.15) is 18.9 Å². The third-order valence-corrected chi connectivity index (χ3v) is 8.31. The summed E-state index contributed by atoms with van der Waals surface area (Å²) >= 11 is 14.7. The number of thioether (sulfide) groups is 1. The summed E-state index contributed by atoms with van der Waals surface area (Å²) in [6, 6.07) is 18.4. The summed E-state index contributed by atoms with van der Waals surface area (Å²) < 4.78 is 8.79. The Morgan fingerprint density at radius 3 is 2.42 bits per heavy atom. The number of nitrogens with one attached hydrogen (secondary N) is 1. The molecule has 0 aromatic heterocycles. The molecular formula is C25H16BrClI2N2O4S. The lowest BCUT2D eigenvalue weighted by molar-refractivity contribution is -0.127. The molecule has 1 aliphatic heterocycles. The number of nitrogens with zero attached hydrogens (tertiary/aromatic N) is 1. The van der Waals surface area contributed by atoms with E-state index >= 15 is 0 Å². The SMILES string of the molecule is O=C(CN1C(=O)S/C(=C/c2cc(I)c(OCc3ccc(Br)cc3)c(I)c2)C1=O)Nc1ccccc1Cl. The Bertz CT molecular complexity index is 1360. The zero-order valence-electron chi connectivity index (χ0n) is 18.3. The maximum atomic E-state index is 12.9. The lowest BCUT2D eigenvalue weighted by atomic mass is 10.2. The van der Waals surface area contributed by atoms with Crippen LogP contribution in [0, 0.1) is 7.14 Å². The number of ether oxygens (including phenoxy) is 1. The van der Waals surface area contributed by atoms with Crippen molar-refractivity contribution in [1.82, 2.24) is 4.90 Å². The van der Waals surface area contributed by atoms with E-state index in [9.17, 15) is 14.4 Å². The lowest BCUT2D eigenvalue weighted by Crippen LogP contribution is -2.36. The van der Waals surface area contributed by atoms with Crippen molar-refractivity contribution < 1.29 is 19.1 Å². The zero-order valence-corrected chi connectivity index (χ0v) is 25.7. The minimum Gasteiger partial charge on any atom is -0.487 e. The van der Waals surface area contributed by atoms with Gasteiger partial charge in [-0.1, -0.05) is 51.8 Å². The molecule has 3 amide bonds. The Hall–Kier alpha value is -1.61. The van der Waals surface area contributed by atoms with Gasteiger partial charge in [-0.25, -0.2) is 0 Å². The normalized spacial score (nSPS) is 14.4. The molecule has 3 aromatic carbocycles. The number of benzene rings is 3. The van der Waals surface area contributed by atoms with E-state index in [1.807, 2.05) is 36.4 Å². The summed E-state index contributed by atoms with van der Waals surface area (Å²) in [6.07, 6.45) is 1.65. The summed E-state index contributed by atoms with van der Waals surface area (Å²) in [5.74, 6) is -0.275. The quantitative estimate of drug-likeness (QED) is 0.197. The molecular weight excluding hydrogens is 794 g/mol. The van der Waals surface area contributed by atoms with E-state index in [2.05, 4.69) is 66.4 Å². The minimum absolute atomic E-state index is 0.251. The zero-order chi connectivity index (χ0) is 25.8. The first kappa shape index (κ1) is 27.4. The number of rotatable bonds is 7. The van der Waals surface area contributed by atoms with Crippen LogP contribution in [0.3, 0.4) is 0 Å². The number of carbonyl (C=O) groups excluding carboxylic acids is 3. The van der Waals surface area contributed by atoms with Crippen molar-refractivity contribution in [2.24, 2.45) is 0 Å². The van der Waals surface area contributed by atoms with Crippen molar-refractivity contribution in [3.63, 3.8) is 0 Å². The van der Waals surface area contributed by atoms with Crippen LogP contribution in [0.1, 0.15) is 11.1 Å². The first-order valence-corrected chi connectivity index (χ1v) is 14.5. The number of amides is 3. The van der Waals surface area contributed by atoms with Gasteiger partial charge in [0.25, 0.3) is 11.1 Å². The van der Waals surface area contributed by atoms with Crippen LogP contribution < -0.4 is 10.1 Å². The van der Waals surface area contributed by atoms with Crippen LogP contribution in [0.15, 0.2) is 70.0 Å². The van der Waals surface area contributed by atoms with Gasteiger partial charge in [0.15, 0.2) is 0 Å². The highest BCUT2D eigenvalue weighted by molar-refractivity contribution is 14.1. The number of carbonyl (C=O) groups is 3. The van der Waals surface area contributed by atoms with Gasteiger partial charge in [0.2, 0.25) is 5.91 Å². The Kier molecular flexibility index (Phi) is 9.36. The molecule has 4 rings (SSSR count). The van der Waals surface area contributed by atoms with E-state index < -0.39 is 23.6 Å². The monoisotopic (exact) mass is 808 g/mol. The predicted molar refractivity (Wildman–Crippen MR) is 163 cm³/mol. The Labute approximate surface area is 252 Å². The van der Waals surface area contributed by atoms with Crippen LogP contribution in [0.25, 0.3) is 6.08 Å². The second-order valence-electron chi connectivity index (χ2n) is 7.52. The Morgan fingerprint density at radius 2 is 1.75 bits per heavy atom. The Morgan fingerprint density at radius 1 is 1.08 bits per heavy atom. The highest BCUT2D eigenvalue weighted by Crippen LogP contribution is 2.35. The molecule has 1 heterocycles. The van der Waals surface area contributed by atoms with Gasteiger partial charge in [-0.3, -0.25) is 19.3 Å². The van der Waals surface area contributed by atoms with E-state index in [0.717, 1.165) is 45.2 Å². The molecule has 0 radical (unpaired) electrons. The van der Waals surface area contributed by atoms with Gasteiger partial charge < -0.3 is 10.1 Å². The number of hydrogen-bond acceptors (Lipinski definition) is 5. The second-order valence-corrected chi connectivity index (χ2v) is 12.2. The van der Waals surface area contributed by atoms with Crippen molar-refractivity contribution in [1.29, 1.82) is 0 Å². The molecule has 0 bridgehead atoms. The van der Waals surface area contributed by atoms with Gasteiger partial charge in [0.05, 0.1) is 22.8 Å². The molecule has 0 unspecified atom stereocenters. The minimum atomic E-state index is -0.514. The lowest BCUT2D eigenvalue weighted by Gasteiger charge is -2.13. The van der Waals surface area contributed by atoms with Crippen LogP contribution >= 0.6 is 84.5 Å². The van der Waals surface area contributed by atoms with Gasteiger partial charge in [-0.2, -0.15) is 0 Å². The van der Waals surface area contributed by atoms with Crippen molar-refractivity contribution in [2.75, 3.05) is 11.9 Å². The molecule has 3 aromatic rings. The van der Waals surface area contributed by atoms with E-state index in [4.69, 9.17) is 16.3 Å². The van der Waals surface area contributed by atoms with Crippen molar-refractivity contribution in [3.05, 3.63) is 93.3 Å². The fourth-order valence-corrected chi connectivity index (χ4v) is 6.63. The van der Waals surface area contributed by atoms with Gasteiger partial charge in [-0.15, -0.1) is 0 Å². The molecule has 0 aliphatic carbocycles. The summed E-state index contributed by atoms with van der Waals surface area (Å²) in [4.78, 5) is 38.9. The fourth-order valence-electron chi connectivity index (χ4n) is 3.22. The maximum absolute atomic E-state index is 12.9. The molecule has 1 saturated heterocycles. The molecule has 0 spiro atoms. The van der Waals surface area contributed by atoms with Gasteiger partial charge in [0, 0.05) is 4.47 Å². The van der Waals surface area contributed by atoms with E-state index in [0.29, 0.717) is 17.3 Å². The number of para-hydroxylation sites is 1.